The van der Waals surface area contributed by atoms with E-state index in [1.165, 1.54) is 5.56 Å². The number of benzene rings is 2. The summed E-state index contributed by atoms with van der Waals surface area (Å²) in [6.07, 6.45) is 2.58. The van der Waals surface area contributed by atoms with E-state index in [4.69, 9.17) is 11.6 Å². The van der Waals surface area contributed by atoms with E-state index >= 15 is 0 Å². The van der Waals surface area contributed by atoms with E-state index in [0.29, 0.717) is 16.5 Å². The minimum atomic E-state index is 0.623. The number of aromatic nitrogens is 1. The zero-order valence-electron chi connectivity index (χ0n) is 11.9. The highest BCUT2D eigenvalue weighted by Crippen LogP contribution is 2.34. The van der Waals surface area contributed by atoms with Crippen LogP contribution in [-0.2, 0) is 0 Å². The molecule has 2 aromatic carbocycles. The van der Waals surface area contributed by atoms with Crippen molar-refractivity contribution >= 4 is 28.8 Å². The Morgan fingerprint density at radius 3 is 2.55 bits per heavy atom. The zero-order valence-corrected chi connectivity index (χ0v) is 12.7. The number of H-pyrrole nitrogens is 1. The lowest BCUT2D eigenvalue weighted by molar-refractivity contribution is 0.112. The third-order valence-corrected chi connectivity index (χ3v) is 4.72. The second-order valence-corrected chi connectivity index (χ2v) is 6.12. The molecule has 0 unspecified atom stereocenters. The van der Waals surface area contributed by atoms with Crippen LogP contribution in [0.1, 0.15) is 21.8 Å². The average Bonchev–Trinajstić information content (AvgIpc) is 2.87. The summed E-state index contributed by atoms with van der Waals surface area (Å²) in [6, 6.07) is 12.4. The predicted octanol–water partition coefficient (Wildman–Crippen LogP) is 3.99. The molecule has 22 heavy (non-hydrogen) atoms. The predicted molar refractivity (Wildman–Crippen MR) is 89.7 cm³/mol. The van der Waals surface area contributed by atoms with Gasteiger partial charge in [-0.05, 0) is 23.3 Å². The maximum absolute atomic E-state index is 11.1. The van der Waals surface area contributed by atoms with Gasteiger partial charge in [0, 0.05) is 47.2 Å². The molecule has 4 rings (SSSR count). The number of nitrogens with one attached hydrogen (secondary N) is 2. The van der Waals surface area contributed by atoms with Crippen LogP contribution in [0.25, 0.3) is 22.0 Å². The molecule has 3 aromatic rings. The lowest BCUT2D eigenvalue weighted by Crippen LogP contribution is -2.39. The van der Waals surface area contributed by atoms with Crippen molar-refractivity contribution in [3.05, 3.63) is 58.7 Å². The number of aldehydes is 1. The molecule has 0 atom stereocenters. The van der Waals surface area contributed by atoms with Crippen LogP contribution < -0.4 is 5.32 Å². The Bertz CT molecular complexity index is 847. The lowest BCUT2D eigenvalue weighted by Gasteiger charge is -2.27. The summed E-state index contributed by atoms with van der Waals surface area (Å²) in [5.41, 5.74) is 4.92. The maximum atomic E-state index is 11.1. The highest BCUT2D eigenvalue weighted by Gasteiger charge is 2.18. The van der Waals surface area contributed by atoms with Crippen LogP contribution in [0.2, 0.25) is 5.02 Å². The number of carbonyl (C=O) groups excluding carboxylic acids is 1. The molecule has 0 spiro atoms. The Kier molecular flexibility index (Phi) is 3.25. The first kappa shape index (κ1) is 13.6. The minimum Gasteiger partial charge on any atom is -0.360 e. The van der Waals surface area contributed by atoms with Gasteiger partial charge in [0.1, 0.15) is 0 Å². The van der Waals surface area contributed by atoms with E-state index in [1.807, 2.05) is 12.1 Å². The van der Waals surface area contributed by atoms with E-state index in [-0.39, 0.29) is 0 Å². The van der Waals surface area contributed by atoms with Crippen molar-refractivity contribution < 1.29 is 4.79 Å². The quantitative estimate of drug-likeness (QED) is 0.719. The van der Waals surface area contributed by atoms with Gasteiger partial charge in [-0.1, -0.05) is 35.9 Å². The summed E-state index contributed by atoms with van der Waals surface area (Å²) in [7, 11) is 0. The van der Waals surface area contributed by atoms with Crippen molar-refractivity contribution in [1.29, 1.82) is 0 Å². The number of rotatable bonds is 3. The number of hydrogen-bond acceptors (Lipinski definition) is 2. The van der Waals surface area contributed by atoms with Gasteiger partial charge in [0.2, 0.25) is 0 Å². The molecular formula is C18H15ClN2O. The van der Waals surface area contributed by atoms with Crippen molar-refractivity contribution in [2.45, 2.75) is 5.92 Å². The van der Waals surface area contributed by atoms with Gasteiger partial charge in [-0.25, -0.2) is 0 Å². The number of aromatic amines is 1. The van der Waals surface area contributed by atoms with Crippen LogP contribution in [0.15, 0.2) is 42.6 Å². The van der Waals surface area contributed by atoms with Gasteiger partial charge >= 0.3 is 0 Å². The normalized spacial score (nSPS) is 15.0. The van der Waals surface area contributed by atoms with Crippen molar-refractivity contribution in [3.63, 3.8) is 0 Å². The second kappa shape index (κ2) is 5.27. The highest BCUT2D eigenvalue weighted by atomic mass is 35.5. The molecule has 1 aliphatic rings. The first-order valence-electron chi connectivity index (χ1n) is 7.33. The monoisotopic (exact) mass is 310 g/mol. The topological polar surface area (TPSA) is 44.9 Å². The van der Waals surface area contributed by atoms with Crippen LogP contribution in [0, 0.1) is 0 Å². The summed E-state index contributed by atoms with van der Waals surface area (Å²) in [6.45, 7) is 2.11. The number of fused-ring (bicyclic) bond motifs is 1. The van der Waals surface area contributed by atoms with Gasteiger partial charge in [0.15, 0.2) is 6.29 Å². The van der Waals surface area contributed by atoms with Crippen molar-refractivity contribution in [1.82, 2.24) is 10.3 Å². The van der Waals surface area contributed by atoms with Gasteiger partial charge < -0.3 is 10.3 Å². The first-order valence-corrected chi connectivity index (χ1v) is 7.71. The molecule has 0 saturated carbocycles. The van der Waals surface area contributed by atoms with Gasteiger partial charge in [-0.15, -0.1) is 0 Å². The molecule has 110 valence electrons. The molecule has 1 fully saturated rings. The molecule has 0 radical (unpaired) electrons. The van der Waals surface area contributed by atoms with E-state index in [1.54, 1.807) is 6.20 Å². The molecule has 3 nitrogen and oxygen atoms in total. The van der Waals surface area contributed by atoms with Gasteiger partial charge in [-0.3, -0.25) is 4.79 Å². The molecule has 2 heterocycles. The molecule has 4 heteroatoms. The van der Waals surface area contributed by atoms with Crippen LogP contribution in [0.3, 0.4) is 0 Å². The fourth-order valence-corrected chi connectivity index (χ4v) is 3.22. The average molecular weight is 311 g/mol. The Hall–Kier alpha value is -2.10. The van der Waals surface area contributed by atoms with Crippen LogP contribution in [0.5, 0.6) is 0 Å². The highest BCUT2D eigenvalue weighted by molar-refractivity contribution is 6.34. The van der Waals surface area contributed by atoms with Crippen LogP contribution in [-0.4, -0.2) is 24.4 Å². The number of carbonyl (C=O) groups is 1. The Morgan fingerprint density at radius 1 is 1.14 bits per heavy atom. The van der Waals surface area contributed by atoms with Crippen molar-refractivity contribution in [2.24, 2.45) is 0 Å². The van der Waals surface area contributed by atoms with Gasteiger partial charge in [0.05, 0.1) is 5.02 Å². The van der Waals surface area contributed by atoms with Gasteiger partial charge in [0.25, 0.3) is 0 Å². The van der Waals surface area contributed by atoms with Crippen molar-refractivity contribution in [2.75, 3.05) is 13.1 Å². The number of halogens is 1. The van der Waals surface area contributed by atoms with E-state index in [0.717, 1.165) is 41.4 Å². The largest absolute Gasteiger partial charge is 0.360 e. The van der Waals surface area contributed by atoms with Crippen LogP contribution >= 0.6 is 11.6 Å². The SMILES string of the molecule is O=Cc1c[nH]c2cc(Cl)c(-c3ccc(C4CNC4)cc3)cc12. The molecule has 1 aliphatic heterocycles. The van der Waals surface area contributed by atoms with E-state index < -0.39 is 0 Å². The summed E-state index contributed by atoms with van der Waals surface area (Å²) in [4.78, 5) is 14.2. The Morgan fingerprint density at radius 2 is 1.91 bits per heavy atom. The fourth-order valence-electron chi connectivity index (χ4n) is 2.94. The zero-order chi connectivity index (χ0) is 15.1. The second-order valence-electron chi connectivity index (χ2n) is 5.72. The van der Waals surface area contributed by atoms with Gasteiger partial charge in [-0.2, -0.15) is 0 Å². The lowest BCUT2D eigenvalue weighted by atomic mass is 9.92. The number of hydrogen-bond donors (Lipinski definition) is 2. The Labute approximate surface area is 133 Å². The third kappa shape index (κ3) is 2.14. The molecule has 1 saturated heterocycles. The molecule has 0 bridgehead atoms. The summed E-state index contributed by atoms with van der Waals surface area (Å²) in [5, 5.41) is 4.88. The fraction of sp³-hybridized carbons (Fsp3) is 0.167. The maximum Gasteiger partial charge on any atom is 0.152 e. The molecule has 0 aliphatic carbocycles. The third-order valence-electron chi connectivity index (χ3n) is 4.40. The summed E-state index contributed by atoms with van der Waals surface area (Å²) >= 11 is 6.41. The first-order chi connectivity index (χ1) is 10.8. The van der Waals surface area contributed by atoms with Crippen LogP contribution in [0.4, 0.5) is 0 Å². The standard InChI is InChI=1S/C18H15ClN2O/c19-17-6-18-16(14(10-22)9-21-18)5-15(17)12-3-1-11(2-4-12)13-7-20-8-13/h1-6,9-10,13,20-21H,7-8H2. The molecule has 1 aromatic heterocycles. The minimum absolute atomic E-state index is 0.623. The summed E-state index contributed by atoms with van der Waals surface area (Å²) in [5.74, 6) is 0.623. The van der Waals surface area contributed by atoms with Crippen molar-refractivity contribution in [3.8, 4) is 11.1 Å². The molecule has 0 amide bonds. The smallest absolute Gasteiger partial charge is 0.152 e. The molecular weight excluding hydrogens is 296 g/mol. The van der Waals surface area contributed by atoms with E-state index in [2.05, 4.69) is 34.6 Å². The Balaban J connectivity index is 1.78. The summed E-state index contributed by atoms with van der Waals surface area (Å²) < 4.78 is 0. The molecule has 2 N–H and O–H groups in total. The van der Waals surface area contributed by atoms with E-state index in [9.17, 15) is 4.79 Å².